The number of alkyl halides is 1. The minimum Gasteiger partial charge on any atom is -0.497 e. The van der Waals surface area contributed by atoms with Gasteiger partial charge in [0.05, 0.1) is 13.7 Å². The van der Waals surface area contributed by atoms with E-state index < -0.39 is 0 Å². The molecule has 0 aliphatic rings. The van der Waals surface area contributed by atoms with E-state index in [9.17, 15) is 0 Å². The number of aryl methyl sites for hydroxylation is 1. The van der Waals surface area contributed by atoms with Gasteiger partial charge in [-0.3, -0.25) is 0 Å². The van der Waals surface area contributed by atoms with Gasteiger partial charge in [0.2, 0.25) is 0 Å². The molecule has 0 heterocycles. The average molecular weight is 349 g/mol. The van der Waals surface area contributed by atoms with Gasteiger partial charge >= 0.3 is 0 Å². The molecule has 0 saturated heterocycles. The Morgan fingerprint density at radius 1 is 1.00 bits per heavy atom. The number of hydrogen-bond donors (Lipinski definition) is 0. The van der Waals surface area contributed by atoms with Crippen LogP contribution in [0.15, 0.2) is 48.5 Å². The molecule has 0 saturated carbocycles. The summed E-state index contributed by atoms with van der Waals surface area (Å²) in [5.41, 5.74) is 2.51. The quantitative estimate of drug-likeness (QED) is 0.494. The Balaban J connectivity index is 1.76. The molecule has 0 amide bonds. The monoisotopic (exact) mass is 348 g/mol. The molecule has 0 fully saturated rings. The summed E-state index contributed by atoms with van der Waals surface area (Å²) in [6.45, 7) is 0.749. The van der Waals surface area contributed by atoms with Gasteiger partial charge in [-0.25, -0.2) is 0 Å². The highest BCUT2D eigenvalue weighted by Gasteiger charge is 2.04. The van der Waals surface area contributed by atoms with Gasteiger partial charge in [-0.15, -0.1) is 0 Å². The highest BCUT2D eigenvalue weighted by molar-refractivity contribution is 9.08. The number of unbranched alkanes of at least 4 members (excludes halogenated alkanes) is 1. The highest BCUT2D eigenvalue weighted by Crippen LogP contribution is 2.26. The molecule has 0 aliphatic heterocycles. The Kier molecular flexibility index (Phi) is 6.61. The smallest absolute Gasteiger partial charge is 0.123 e. The summed E-state index contributed by atoms with van der Waals surface area (Å²) >= 11 is 3.49. The summed E-state index contributed by atoms with van der Waals surface area (Å²) in [5.74, 6) is 1.80. The Morgan fingerprint density at radius 3 is 2.52 bits per heavy atom. The largest absolute Gasteiger partial charge is 0.497 e. The average Bonchev–Trinajstić information content (AvgIpc) is 2.55. The maximum absolute atomic E-state index is 5.88. The van der Waals surface area contributed by atoms with Crippen LogP contribution in [0.2, 0.25) is 0 Å². The van der Waals surface area contributed by atoms with Crippen molar-refractivity contribution in [2.75, 3.05) is 13.7 Å². The van der Waals surface area contributed by atoms with Crippen molar-refractivity contribution >= 4 is 15.9 Å². The summed E-state index contributed by atoms with van der Waals surface area (Å²) in [6, 6.07) is 16.5. The van der Waals surface area contributed by atoms with Crippen molar-refractivity contribution in [1.29, 1.82) is 0 Å². The fraction of sp³-hybridized carbons (Fsp3) is 0.333. The number of benzene rings is 2. The van der Waals surface area contributed by atoms with Crippen LogP contribution in [-0.4, -0.2) is 13.7 Å². The molecule has 0 aliphatic carbocycles. The Bertz CT molecular complexity index is 540. The lowest BCUT2D eigenvalue weighted by Gasteiger charge is -2.11. The molecule has 3 heteroatoms. The van der Waals surface area contributed by atoms with Crippen LogP contribution in [0.25, 0.3) is 0 Å². The molecule has 0 unspecified atom stereocenters. The summed E-state index contributed by atoms with van der Waals surface area (Å²) in [5, 5.41) is 0.767. The van der Waals surface area contributed by atoms with Crippen LogP contribution in [0, 0.1) is 0 Å². The van der Waals surface area contributed by atoms with Crippen LogP contribution in [0.5, 0.6) is 11.5 Å². The van der Waals surface area contributed by atoms with Crippen molar-refractivity contribution in [2.24, 2.45) is 0 Å². The maximum atomic E-state index is 5.88. The second kappa shape index (κ2) is 8.73. The van der Waals surface area contributed by atoms with E-state index in [1.54, 1.807) is 7.11 Å². The lowest BCUT2D eigenvalue weighted by atomic mass is 10.1. The molecule has 0 N–H and O–H groups in total. The fourth-order valence-electron chi connectivity index (χ4n) is 2.19. The van der Waals surface area contributed by atoms with E-state index in [1.165, 1.54) is 5.56 Å². The van der Waals surface area contributed by atoms with Crippen LogP contribution >= 0.6 is 15.9 Å². The van der Waals surface area contributed by atoms with E-state index in [2.05, 4.69) is 46.3 Å². The molecule has 21 heavy (non-hydrogen) atoms. The van der Waals surface area contributed by atoms with Crippen LogP contribution in [-0.2, 0) is 11.8 Å². The summed E-state index contributed by atoms with van der Waals surface area (Å²) < 4.78 is 11.1. The van der Waals surface area contributed by atoms with E-state index in [0.717, 1.165) is 48.3 Å². The van der Waals surface area contributed by atoms with Gasteiger partial charge in [0.15, 0.2) is 0 Å². The zero-order valence-electron chi connectivity index (χ0n) is 12.3. The predicted molar refractivity (Wildman–Crippen MR) is 90.5 cm³/mol. The molecule has 112 valence electrons. The van der Waals surface area contributed by atoms with E-state index in [1.807, 2.05) is 18.2 Å². The first-order valence-corrected chi connectivity index (χ1v) is 8.35. The van der Waals surface area contributed by atoms with Crippen molar-refractivity contribution < 1.29 is 9.47 Å². The van der Waals surface area contributed by atoms with E-state index in [4.69, 9.17) is 9.47 Å². The topological polar surface area (TPSA) is 18.5 Å². The number of methoxy groups -OCH3 is 1. The van der Waals surface area contributed by atoms with Gasteiger partial charge in [0.25, 0.3) is 0 Å². The fourth-order valence-corrected chi connectivity index (χ4v) is 2.62. The Morgan fingerprint density at radius 2 is 1.81 bits per heavy atom. The first-order valence-electron chi connectivity index (χ1n) is 7.23. The zero-order valence-corrected chi connectivity index (χ0v) is 13.9. The molecular weight excluding hydrogens is 328 g/mol. The zero-order chi connectivity index (χ0) is 14.9. The van der Waals surface area contributed by atoms with Crippen molar-refractivity contribution in [3.05, 3.63) is 59.7 Å². The molecule has 2 aromatic rings. The molecule has 2 nitrogen and oxygen atoms in total. The Hall–Kier alpha value is -1.48. The van der Waals surface area contributed by atoms with Crippen LogP contribution in [0.4, 0.5) is 0 Å². The second-order valence-electron chi connectivity index (χ2n) is 4.90. The first-order chi connectivity index (χ1) is 10.3. The SMILES string of the molecule is COc1ccc(OCCCCc2ccccc2)c(CBr)c1. The predicted octanol–water partition coefficient (Wildman–Crippen LogP) is 4.99. The van der Waals surface area contributed by atoms with Crippen molar-refractivity contribution in [1.82, 2.24) is 0 Å². The van der Waals surface area contributed by atoms with E-state index >= 15 is 0 Å². The number of hydrogen-bond acceptors (Lipinski definition) is 2. The standard InChI is InChI=1S/C18H21BrO2/c1-20-17-10-11-18(16(13-17)14-19)21-12-6-5-9-15-7-3-2-4-8-15/h2-4,7-8,10-11,13H,5-6,9,12,14H2,1H3. The van der Waals surface area contributed by atoms with Gasteiger partial charge in [-0.1, -0.05) is 46.3 Å². The van der Waals surface area contributed by atoms with Gasteiger partial charge in [0, 0.05) is 10.9 Å². The molecule has 0 radical (unpaired) electrons. The van der Waals surface area contributed by atoms with Crippen molar-refractivity contribution in [3.63, 3.8) is 0 Å². The van der Waals surface area contributed by atoms with Crippen LogP contribution in [0.3, 0.4) is 0 Å². The van der Waals surface area contributed by atoms with Crippen LogP contribution in [0.1, 0.15) is 24.0 Å². The van der Waals surface area contributed by atoms with E-state index in [0.29, 0.717) is 0 Å². The van der Waals surface area contributed by atoms with Gasteiger partial charge in [-0.2, -0.15) is 0 Å². The van der Waals surface area contributed by atoms with Gasteiger partial charge in [-0.05, 0) is 43.0 Å². The molecule has 0 spiro atoms. The third-order valence-corrected chi connectivity index (χ3v) is 3.98. The third kappa shape index (κ3) is 5.09. The molecule has 0 aromatic heterocycles. The molecule has 2 rings (SSSR count). The number of rotatable bonds is 8. The lowest BCUT2D eigenvalue weighted by Crippen LogP contribution is -2.00. The Labute approximate surface area is 135 Å². The van der Waals surface area contributed by atoms with Crippen molar-refractivity contribution in [3.8, 4) is 11.5 Å². The third-order valence-electron chi connectivity index (χ3n) is 3.37. The van der Waals surface area contributed by atoms with Crippen molar-refractivity contribution in [2.45, 2.75) is 24.6 Å². The molecule has 0 atom stereocenters. The number of halogens is 1. The second-order valence-corrected chi connectivity index (χ2v) is 5.46. The summed E-state index contributed by atoms with van der Waals surface area (Å²) in [4.78, 5) is 0. The number of ether oxygens (including phenoxy) is 2. The van der Waals surface area contributed by atoms with Gasteiger partial charge < -0.3 is 9.47 Å². The molecule has 2 aromatic carbocycles. The minimum absolute atomic E-state index is 0.749. The van der Waals surface area contributed by atoms with Gasteiger partial charge in [0.1, 0.15) is 11.5 Å². The summed E-state index contributed by atoms with van der Waals surface area (Å²) in [7, 11) is 1.68. The molecule has 0 bridgehead atoms. The minimum atomic E-state index is 0.749. The maximum Gasteiger partial charge on any atom is 0.123 e. The molecular formula is C18H21BrO2. The van der Waals surface area contributed by atoms with Crippen LogP contribution < -0.4 is 9.47 Å². The summed E-state index contributed by atoms with van der Waals surface area (Å²) in [6.07, 6.45) is 3.31. The lowest BCUT2D eigenvalue weighted by molar-refractivity contribution is 0.304. The normalized spacial score (nSPS) is 10.4. The van der Waals surface area contributed by atoms with E-state index in [-0.39, 0.29) is 0 Å². The highest BCUT2D eigenvalue weighted by atomic mass is 79.9. The first kappa shape index (κ1) is 15.9.